The first kappa shape index (κ1) is 18.3. The van der Waals surface area contributed by atoms with E-state index in [1.807, 2.05) is 37.3 Å². The van der Waals surface area contributed by atoms with E-state index in [2.05, 4.69) is 19.1 Å². The molecular formula is C24H20ClNO2. The van der Waals surface area contributed by atoms with Crippen molar-refractivity contribution in [1.82, 2.24) is 4.57 Å². The quantitative estimate of drug-likeness (QED) is 0.413. The van der Waals surface area contributed by atoms with Gasteiger partial charge in [-0.25, -0.2) is 0 Å². The minimum Gasteiger partial charge on any atom is -0.497 e. The molecule has 1 aromatic heterocycles. The van der Waals surface area contributed by atoms with Gasteiger partial charge < -0.3 is 4.74 Å². The Morgan fingerprint density at radius 1 is 0.964 bits per heavy atom. The van der Waals surface area contributed by atoms with Crippen LogP contribution in [0.15, 0.2) is 66.7 Å². The van der Waals surface area contributed by atoms with Crippen molar-refractivity contribution in [3.63, 3.8) is 0 Å². The lowest BCUT2D eigenvalue weighted by Gasteiger charge is -2.09. The molecule has 0 aliphatic rings. The first-order chi connectivity index (χ1) is 13.5. The number of halogens is 1. The molecule has 4 heteroatoms. The van der Waals surface area contributed by atoms with Gasteiger partial charge in [0.2, 0.25) is 0 Å². The summed E-state index contributed by atoms with van der Waals surface area (Å²) in [6.07, 6.45) is 0. The second-order valence-corrected chi connectivity index (χ2v) is 7.24. The van der Waals surface area contributed by atoms with Crippen molar-refractivity contribution in [2.45, 2.75) is 13.8 Å². The van der Waals surface area contributed by atoms with Crippen LogP contribution in [0.5, 0.6) is 5.75 Å². The number of fused-ring (bicyclic) bond motifs is 1. The average Bonchev–Trinajstić information content (AvgIpc) is 2.99. The number of aryl methyl sites for hydroxylation is 1. The predicted octanol–water partition coefficient (Wildman–Crippen LogP) is 6.28. The standard InChI is InChI=1S/C24H20ClNO2/c1-15-6-4-5-7-20(15)23-16(2)26(22-13-12-19(28-3)14-21(22)23)24(27)17-8-10-18(25)11-9-17/h4-14H,1-3H3. The summed E-state index contributed by atoms with van der Waals surface area (Å²) in [6, 6.07) is 21.0. The molecule has 0 aliphatic heterocycles. The number of methoxy groups -OCH3 is 1. The summed E-state index contributed by atoms with van der Waals surface area (Å²) < 4.78 is 7.22. The maximum Gasteiger partial charge on any atom is 0.262 e. The molecule has 0 amide bonds. The molecule has 4 rings (SSSR count). The first-order valence-electron chi connectivity index (χ1n) is 9.06. The van der Waals surface area contributed by atoms with Crippen LogP contribution in [0.1, 0.15) is 21.6 Å². The van der Waals surface area contributed by atoms with E-state index >= 15 is 0 Å². The smallest absolute Gasteiger partial charge is 0.262 e. The van der Waals surface area contributed by atoms with E-state index in [0.717, 1.165) is 39.0 Å². The van der Waals surface area contributed by atoms with Crippen LogP contribution in [-0.2, 0) is 0 Å². The van der Waals surface area contributed by atoms with E-state index in [4.69, 9.17) is 16.3 Å². The summed E-state index contributed by atoms with van der Waals surface area (Å²) in [7, 11) is 1.65. The number of ether oxygens (including phenoxy) is 1. The van der Waals surface area contributed by atoms with E-state index < -0.39 is 0 Å². The maximum atomic E-state index is 13.4. The van der Waals surface area contributed by atoms with E-state index in [0.29, 0.717) is 10.6 Å². The zero-order valence-electron chi connectivity index (χ0n) is 16.0. The lowest BCUT2D eigenvalue weighted by atomic mass is 9.98. The molecule has 1 heterocycles. The van der Waals surface area contributed by atoms with Crippen molar-refractivity contribution in [2.24, 2.45) is 0 Å². The zero-order chi connectivity index (χ0) is 19.8. The molecule has 0 spiro atoms. The summed E-state index contributed by atoms with van der Waals surface area (Å²) in [5, 5.41) is 1.60. The van der Waals surface area contributed by atoms with Gasteiger partial charge in [-0.15, -0.1) is 0 Å². The molecule has 0 N–H and O–H groups in total. The molecule has 0 saturated heterocycles. The van der Waals surface area contributed by atoms with Gasteiger partial charge in [0.05, 0.1) is 12.6 Å². The maximum absolute atomic E-state index is 13.4. The highest BCUT2D eigenvalue weighted by atomic mass is 35.5. The Morgan fingerprint density at radius 2 is 1.68 bits per heavy atom. The Hall–Kier alpha value is -3.04. The number of nitrogens with zero attached hydrogens (tertiary/aromatic N) is 1. The normalized spacial score (nSPS) is 11.0. The molecule has 0 saturated carbocycles. The summed E-state index contributed by atoms with van der Waals surface area (Å²) >= 11 is 5.99. The lowest BCUT2D eigenvalue weighted by Crippen LogP contribution is -2.13. The van der Waals surface area contributed by atoms with Gasteiger partial charge in [-0.1, -0.05) is 35.9 Å². The van der Waals surface area contributed by atoms with Gasteiger partial charge >= 0.3 is 0 Å². The molecule has 0 unspecified atom stereocenters. The van der Waals surface area contributed by atoms with Crippen LogP contribution < -0.4 is 4.74 Å². The number of rotatable bonds is 3. The fourth-order valence-electron chi connectivity index (χ4n) is 3.70. The first-order valence-corrected chi connectivity index (χ1v) is 9.44. The van der Waals surface area contributed by atoms with Gasteiger partial charge in [-0.3, -0.25) is 9.36 Å². The van der Waals surface area contributed by atoms with Crippen molar-refractivity contribution in [3.8, 4) is 16.9 Å². The molecular weight excluding hydrogens is 370 g/mol. The monoisotopic (exact) mass is 389 g/mol. The number of benzene rings is 3. The van der Waals surface area contributed by atoms with Gasteiger partial charge in [0.15, 0.2) is 0 Å². The number of carbonyl (C=O) groups excluding carboxylic acids is 1. The highest BCUT2D eigenvalue weighted by Crippen LogP contribution is 2.38. The van der Waals surface area contributed by atoms with Crippen LogP contribution in [0.3, 0.4) is 0 Å². The van der Waals surface area contributed by atoms with Gasteiger partial charge in [0.1, 0.15) is 5.75 Å². The molecule has 140 valence electrons. The molecule has 3 nitrogen and oxygen atoms in total. The molecule has 0 aliphatic carbocycles. The molecule has 28 heavy (non-hydrogen) atoms. The zero-order valence-corrected chi connectivity index (χ0v) is 16.7. The van der Waals surface area contributed by atoms with E-state index in [1.165, 1.54) is 0 Å². The highest BCUT2D eigenvalue weighted by Gasteiger charge is 2.22. The number of hydrogen-bond donors (Lipinski definition) is 0. The summed E-state index contributed by atoms with van der Waals surface area (Å²) in [6.45, 7) is 4.07. The van der Waals surface area contributed by atoms with Crippen molar-refractivity contribution in [2.75, 3.05) is 7.11 Å². The molecule has 0 radical (unpaired) electrons. The average molecular weight is 390 g/mol. The van der Waals surface area contributed by atoms with Crippen LogP contribution in [0, 0.1) is 13.8 Å². The van der Waals surface area contributed by atoms with Crippen molar-refractivity contribution < 1.29 is 9.53 Å². The second kappa shape index (κ2) is 7.17. The summed E-state index contributed by atoms with van der Waals surface area (Å²) in [5.74, 6) is 0.683. The van der Waals surface area contributed by atoms with E-state index in [-0.39, 0.29) is 5.91 Å². The van der Waals surface area contributed by atoms with Crippen LogP contribution >= 0.6 is 11.6 Å². The Morgan fingerprint density at radius 3 is 2.36 bits per heavy atom. The molecule has 4 aromatic rings. The third kappa shape index (κ3) is 2.98. The van der Waals surface area contributed by atoms with E-state index in [1.54, 1.807) is 35.9 Å². The Labute approximate surface area is 169 Å². The third-order valence-electron chi connectivity index (χ3n) is 5.12. The van der Waals surface area contributed by atoms with Gasteiger partial charge in [0, 0.05) is 27.2 Å². The Balaban J connectivity index is 2.02. The van der Waals surface area contributed by atoms with Crippen molar-refractivity contribution in [1.29, 1.82) is 0 Å². The molecule has 0 atom stereocenters. The third-order valence-corrected chi connectivity index (χ3v) is 5.37. The topological polar surface area (TPSA) is 31.2 Å². The van der Waals surface area contributed by atoms with Crippen molar-refractivity contribution in [3.05, 3.63) is 88.6 Å². The fraction of sp³-hybridized carbons (Fsp3) is 0.125. The van der Waals surface area contributed by atoms with Gasteiger partial charge in [-0.05, 0) is 67.4 Å². The summed E-state index contributed by atoms with van der Waals surface area (Å²) in [4.78, 5) is 13.4. The van der Waals surface area contributed by atoms with Crippen LogP contribution in [0.2, 0.25) is 5.02 Å². The van der Waals surface area contributed by atoms with Crippen LogP contribution in [-0.4, -0.2) is 17.6 Å². The molecule has 3 aromatic carbocycles. The highest BCUT2D eigenvalue weighted by molar-refractivity contribution is 6.30. The van der Waals surface area contributed by atoms with Gasteiger partial charge in [0.25, 0.3) is 5.91 Å². The van der Waals surface area contributed by atoms with Gasteiger partial charge in [-0.2, -0.15) is 0 Å². The molecule has 0 fully saturated rings. The SMILES string of the molecule is COc1ccc2c(c1)c(-c1ccccc1C)c(C)n2C(=O)c1ccc(Cl)cc1. The summed E-state index contributed by atoms with van der Waals surface area (Å²) in [5.41, 5.74) is 5.67. The minimum atomic E-state index is -0.0795. The van der Waals surface area contributed by atoms with Crippen LogP contribution in [0.25, 0.3) is 22.0 Å². The minimum absolute atomic E-state index is 0.0795. The number of aromatic nitrogens is 1. The Kier molecular flexibility index (Phi) is 4.70. The fourth-order valence-corrected chi connectivity index (χ4v) is 3.83. The van der Waals surface area contributed by atoms with E-state index in [9.17, 15) is 4.79 Å². The van der Waals surface area contributed by atoms with Crippen molar-refractivity contribution >= 4 is 28.4 Å². The van der Waals surface area contributed by atoms with Crippen LogP contribution in [0.4, 0.5) is 0 Å². The Bertz CT molecular complexity index is 1190. The largest absolute Gasteiger partial charge is 0.497 e. The number of hydrogen-bond acceptors (Lipinski definition) is 2. The second-order valence-electron chi connectivity index (χ2n) is 6.81. The number of carbonyl (C=O) groups is 1. The predicted molar refractivity (Wildman–Crippen MR) is 115 cm³/mol. The molecule has 0 bridgehead atoms. The lowest BCUT2D eigenvalue weighted by molar-refractivity contribution is 0.0963.